The number of rotatable bonds is 6. The highest BCUT2D eigenvalue weighted by Gasteiger charge is 2.17. The van der Waals surface area contributed by atoms with Gasteiger partial charge >= 0.3 is 5.69 Å². The van der Waals surface area contributed by atoms with Crippen LogP contribution in [0.1, 0.15) is 19.8 Å². The summed E-state index contributed by atoms with van der Waals surface area (Å²) in [5, 5.41) is 13.1. The molecule has 1 amide bonds. The van der Waals surface area contributed by atoms with Gasteiger partial charge in [-0.15, -0.1) is 0 Å². The summed E-state index contributed by atoms with van der Waals surface area (Å²) in [6, 6.07) is 3.25. The van der Waals surface area contributed by atoms with E-state index in [0.717, 1.165) is 18.6 Å². The van der Waals surface area contributed by atoms with Gasteiger partial charge in [0.25, 0.3) is 0 Å². The van der Waals surface area contributed by atoms with Gasteiger partial charge in [-0.3, -0.25) is 14.9 Å². The lowest BCUT2D eigenvalue weighted by molar-refractivity contribution is -0.387. The number of amides is 1. The Morgan fingerprint density at radius 2 is 2.26 bits per heavy atom. The van der Waals surface area contributed by atoms with Crippen molar-refractivity contribution in [2.45, 2.75) is 19.8 Å². The van der Waals surface area contributed by atoms with Gasteiger partial charge in [0.1, 0.15) is 0 Å². The smallest absolute Gasteiger partial charge is 0.306 e. The standard InChI is InChI=1S/C12H16FN3O3/c1-8(3-2-6-14)12(17)15-9-4-5-10(13)11(7-9)16(18)19/h4-5,7-8H,2-3,6,14H2,1H3,(H,15,17). The Morgan fingerprint density at radius 3 is 2.84 bits per heavy atom. The van der Waals surface area contributed by atoms with Crippen LogP contribution in [0.2, 0.25) is 0 Å². The van der Waals surface area contributed by atoms with E-state index in [1.165, 1.54) is 6.07 Å². The number of hydrogen-bond donors (Lipinski definition) is 2. The molecule has 1 aromatic rings. The van der Waals surface area contributed by atoms with Gasteiger partial charge in [-0.25, -0.2) is 0 Å². The number of carbonyl (C=O) groups excluding carboxylic acids is 1. The average molecular weight is 269 g/mol. The summed E-state index contributed by atoms with van der Waals surface area (Å²) < 4.78 is 13.1. The maximum atomic E-state index is 13.1. The molecule has 0 saturated carbocycles. The van der Waals surface area contributed by atoms with Crippen LogP contribution >= 0.6 is 0 Å². The maximum absolute atomic E-state index is 13.1. The molecule has 0 fully saturated rings. The number of nitrogens with zero attached hydrogens (tertiary/aromatic N) is 1. The van der Waals surface area contributed by atoms with Gasteiger partial charge in [-0.05, 0) is 31.5 Å². The number of anilines is 1. The van der Waals surface area contributed by atoms with Gasteiger partial charge in [-0.2, -0.15) is 4.39 Å². The third kappa shape index (κ3) is 4.29. The third-order valence-electron chi connectivity index (χ3n) is 2.70. The second-order valence-electron chi connectivity index (χ2n) is 4.24. The summed E-state index contributed by atoms with van der Waals surface area (Å²) in [7, 11) is 0. The summed E-state index contributed by atoms with van der Waals surface area (Å²) in [5.74, 6) is -1.46. The molecule has 104 valence electrons. The van der Waals surface area contributed by atoms with E-state index in [0.29, 0.717) is 13.0 Å². The van der Waals surface area contributed by atoms with Crippen LogP contribution in [0.25, 0.3) is 0 Å². The van der Waals surface area contributed by atoms with Crippen molar-refractivity contribution in [2.75, 3.05) is 11.9 Å². The van der Waals surface area contributed by atoms with Gasteiger partial charge in [0, 0.05) is 17.7 Å². The number of nitrogens with one attached hydrogen (secondary N) is 1. The van der Waals surface area contributed by atoms with E-state index in [9.17, 15) is 19.3 Å². The highest BCUT2D eigenvalue weighted by atomic mass is 19.1. The van der Waals surface area contributed by atoms with Crippen molar-refractivity contribution < 1.29 is 14.1 Å². The Kier molecular flexibility index (Phi) is 5.37. The van der Waals surface area contributed by atoms with Crippen molar-refractivity contribution in [3.63, 3.8) is 0 Å². The fraction of sp³-hybridized carbons (Fsp3) is 0.417. The third-order valence-corrected chi connectivity index (χ3v) is 2.70. The van der Waals surface area contributed by atoms with E-state index in [4.69, 9.17) is 5.73 Å². The summed E-state index contributed by atoms with van der Waals surface area (Å²) >= 11 is 0. The molecule has 0 radical (unpaired) electrons. The molecule has 0 aliphatic heterocycles. The molecular formula is C12H16FN3O3. The lowest BCUT2D eigenvalue weighted by atomic mass is 10.0. The van der Waals surface area contributed by atoms with Crippen LogP contribution in [0.15, 0.2) is 18.2 Å². The van der Waals surface area contributed by atoms with Crippen LogP contribution in [-0.4, -0.2) is 17.4 Å². The van der Waals surface area contributed by atoms with Crippen molar-refractivity contribution in [3.8, 4) is 0 Å². The molecule has 0 aromatic heterocycles. The van der Waals surface area contributed by atoms with Crippen LogP contribution < -0.4 is 11.1 Å². The molecule has 0 aliphatic carbocycles. The van der Waals surface area contributed by atoms with Gasteiger partial charge in [0.15, 0.2) is 0 Å². The zero-order chi connectivity index (χ0) is 14.4. The molecule has 6 nitrogen and oxygen atoms in total. The lowest BCUT2D eigenvalue weighted by Crippen LogP contribution is -2.21. The van der Waals surface area contributed by atoms with Crippen LogP contribution in [0.3, 0.4) is 0 Å². The molecule has 7 heteroatoms. The van der Waals surface area contributed by atoms with Crippen molar-refractivity contribution >= 4 is 17.3 Å². The molecule has 0 heterocycles. The first-order valence-electron chi connectivity index (χ1n) is 5.90. The predicted molar refractivity (Wildman–Crippen MR) is 69.1 cm³/mol. The Bertz CT molecular complexity index is 479. The average Bonchev–Trinajstić information content (AvgIpc) is 2.37. The molecular weight excluding hydrogens is 253 g/mol. The number of carbonyl (C=O) groups is 1. The summed E-state index contributed by atoms with van der Waals surface area (Å²) in [4.78, 5) is 21.5. The van der Waals surface area contributed by atoms with Crippen molar-refractivity contribution in [1.82, 2.24) is 0 Å². The van der Waals surface area contributed by atoms with Crippen molar-refractivity contribution in [3.05, 3.63) is 34.1 Å². The number of nitro groups is 1. The zero-order valence-corrected chi connectivity index (χ0v) is 10.6. The van der Waals surface area contributed by atoms with E-state index >= 15 is 0 Å². The van der Waals surface area contributed by atoms with Crippen LogP contribution in [-0.2, 0) is 4.79 Å². The first-order chi connectivity index (χ1) is 8.95. The van der Waals surface area contributed by atoms with Crippen molar-refractivity contribution in [1.29, 1.82) is 0 Å². The molecule has 1 unspecified atom stereocenters. The summed E-state index contributed by atoms with van der Waals surface area (Å²) in [6.45, 7) is 2.24. The van der Waals surface area contributed by atoms with E-state index < -0.39 is 16.4 Å². The topological polar surface area (TPSA) is 98.3 Å². The highest BCUT2D eigenvalue weighted by Crippen LogP contribution is 2.22. The molecule has 0 spiro atoms. The Balaban J connectivity index is 2.74. The fourth-order valence-electron chi connectivity index (χ4n) is 1.55. The maximum Gasteiger partial charge on any atom is 0.306 e. The van der Waals surface area contributed by atoms with Crippen LogP contribution in [0.5, 0.6) is 0 Å². The van der Waals surface area contributed by atoms with E-state index in [2.05, 4.69) is 5.32 Å². The van der Waals surface area contributed by atoms with Gasteiger partial charge in [-0.1, -0.05) is 6.92 Å². The lowest BCUT2D eigenvalue weighted by Gasteiger charge is -2.11. The quantitative estimate of drug-likeness (QED) is 0.610. The minimum Gasteiger partial charge on any atom is -0.330 e. The Labute approximate surface area is 109 Å². The number of hydrogen-bond acceptors (Lipinski definition) is 4. The van der Waals surface area contributed by atoms with E-state index in [1.807, 2.05) is 0 Å². The molecule has 0 aliphatic rings. The first kappa shape index (κ1) is 15.0. The predicted octanol–water partition coefficient (Wildman–Crippen LogP) is 2.05. The van der Waals surface area contributed by atoms with Gasteiger partial charge in [0.2, 0.25) is 11.7 Å². The summed E-state index contributed by atoms with van der Waals surface area (Å²) in [5.41, 5.74) is 4.90. The molecule has 0 saturated heterocycles. The SMILES string of the molecule is CC(CCCN)C(=O)Nc1ccc(F)c([N+](=O)[O-])c1. The number of halogens is 1. The minimum absolute atomic E-state index is 0.206. The van der Waals surface area contributed by atoms with Gasteiger partial charge in [0.05, 0.1) is 4.92 Å². The van der Waals surface area contributed by atoms with Crippen LogP contribution in [0, 0.1) is 21.8 Å². The molecule has 1 aromatic carbocycles. The zero-order valence-electron chi connectivity index (χ0n) is 10.6. The Morgan fingerprint density at radius 1 is 1.58 bits per heavy atom. The number of nitro benzene ring substituents is 1. The molecule has 3 N–H and O–H groups in total. The Hall–Kier alpha value is -2.02. The highest BCUT2D eigenvalue weighted by molar-refractivity contribution is 5.92. The minimum atomic E-state index is -0.931. The fourth-order valence-corrected chi connectivity index (χ4v) is 1.55. The molecule has 1 rings (SSSR count). The molecule has 19 heavy (non-hydrogen) atoms. The van der Waals surface area contributed by atoms with Crippen molar-refractivity contribution in [2.24, 2.45) is 11.7 Å². The van der Waals surface area contributed by atoms with Gasteiger partial charge < -0.3 is 11.1 Å². The van der Waals surface area contributed by atoms with E-state index in [1.54, 1.807) is 6.92 Å². The first-order valence-corrected chi connectivity index (χ1v) is 5.90. The molecule has 1 atom stereocenters. The van der Waals surface area contributed by atoms with E-state index in [-0.39, 0.29) is 17.5 Å². The number of nitrogens with two attached hydrogens (primary N) is 1. The second kappa shape index (κ2) is 6.79. The normalized spacial score (nSPS) is 11.9. The molecule has 0 bridgehead atoms. The number of benzene rings is 1. The largest absolute Gasteiger partial charge is 0.330 e. The second-order valence-corrected chi connectivity index (χ2v) is 4.24. The summed E-state index contributed by atoms with van der Waals surface area (Å²) in [6.07, 6.45) is 1.35. The van der Waals surface area contributed by atoms with Crippen LogP contribution in [0.4, 0.5) is 15.8 Å². The monoisotopic (exact) mass is 269 g/mol.